The minimum Gasteiger partial charge on any atom is -0.494 e. The van der Waals surface area contributed by atoms with E-state index in [-0.39, 0.29) is 23.1 Å². The molecule has 2 aromatic rings. The van der Waals surface area contributed by atoms with Crippen LogP contribution in [0.2, 0.25) is 0 Å². The van der Waals surface area contributed by atoms with Gasteiger partial charge in [0.2, 0.25) is 6.79 Å². The lowest BCUT2D eigenvalue weighted by molar-refractivity contribution is -0.138. The van der Waals surface area contributed by atoms with E-state index in [0.717, 1.165) is 17.5 Å². The number of methoxy groups -OCH3 is 2. The molecule has 27 heavy (non-hydrogen) atoms. The Hall–Kier alpha value is -3.01. The average molecular weight is 397 g/mol. The molecule has 0 aromatic heterocycles. The monoisotopic (exact) mass is 397 g/mol. The van der Waals surface area contributed by atoms with Crippen molar-refractivity contribution in [1.82, 2.24) is 0 Å². The maximum absolute atomic E-state index is 14.0. The third kappa shape index (κ3) is 3.61. The molecule has 0 amide bonds. The molecular formula is C17H16FNO7S. The molecule has 144 valence electrons. The van der Waals surface area contributed by atoms with Crippen molar-refractivity contribution < 1.29 is 36.6 Å². The third-order valence-corrected chi connectivity index (χ3v) is 5.63. The van der Waals surface area contributed by atoms with Gasteiger partial charge in [-0.3, -0.25) is 9.10 Å². The minimum absolute atomic E-state index is 0.00618. The van der Waals surface area contributed by atoms with Crippen molar-refractivity contribution in [3.8, 4) is 17.2 Å². The van der Waals surface area contributed by atoms with Gasteiger partial charge in [-0.05, 0) is 30.3 Å². The molecule has 1 aliphatic heterocycles. The first-order valence-corrected chi connectivity index (χ1v) is 9.13. The van der Waals surface area contributed by atoms with Crippen LogP contribution in [0.4, 0.5) is 10.1 Å². The lowest BCUT2D eigenvalue weighted by atomic mass is 10.3. The summed E-state index contributed by atoms with van der Waals surface area (Å²) in [6.07, 6.45) is 0. The molecule has 0 spiro atoms. The fourth-order valence-corrected chi connectivity index (χ4v) is 3.89. The number of nitrogens with zero attached hydrogens (tertiary/aromatic N) is 1. The van der Waals surface area contributed by atoms with Crippen molar-refractivity contribution in [2.24, 2.45) is 0 Å². The van der Waals surface area contributed by atoms with Gasteiger partial charge in [-0.1, -0.05) is 0 Å². The van der Waals surface area contributed by atoms with Gasteiger partial charge in [0.25, 0.3) is 10.0 Å². The molecular weight excluding hydrogens is 381 g/mol. The first-order chi connectivity index (χ1) is 12.9. The second-order valence-electron chi connectivity index (χ2n) is 5.42. The van der Waals surface area contributed by atoms with Gasteiger partial charge in [-0.15, -0.1) is 0 Å². The van der Waals surface area contributed by atoms with Crippen molar-refractivity contribution >= 4 is 21.7 Å². The van der Waals surface area contributed by atoms with E-state index in [0.29, 0.717) is 11.5 Å². The van der Waals surface area contributed by atoms with Gasteiger partial charge in [0.05, 0.1) is 24.8 Å². The first-order valence-electron chi connectivity index (χ1n) is 7.69. The predicted molar refractivity (Wildman–Crippen MR) is 92.1 cm³/mol. The maximum atomic E-state index is 14.0. The molecule has 2 aromatic carbocycles. The molecule has 0 fully saturated rings. The predicted octanol–water partition coefficient (Wildman–Crippen LogP) is 1.93. The number of rotatable bonds is 6. The summed E-state index contributed by atoms with van der Waals surface area (Å²) in [6.45, 7) is -0.599. The molecule has 0 bridgehead atoms. The van der Waals surface area contributed by atoms with Gasteiger partial charge >= 0.3 is 5.97 Å². The van der Waals surface area contributed by atoms with Gasteiger partial charge < -0.3 is 18.9 Å². The third-order valence-electron chi connectivity index (χ3n) is 3.86. The van der Waals surface area contributed by atoms with E-state index >= 15 is 0 Å². The van der Waals surface area contributed by atoms with Crippen molar-refractivity contribution in [3.63, 3.8) is 0 Å². The van der Waals surface area contributed by atoms with E-state index in [1.54, 1.807) is 0 Å². The van der Waals surface area contributed by atoms with E-state index in [9.17, 15) is 17.6 Å². The molecule has 0 atom stereocenters. The lowest BCUT2D eigenvalue weighted by Gasteiger charge is -2.23. The summed E-state index contributed by atoms with van der Waals surface area (Å²) in [5, 5.41) is 0. The van der Waals surface area contributed by atoms with E-state index in [4.69, 9.17) is 14.2 Å². The number of esters is 1. The highest BCUT2D eigenvalue weighted by atomic mass is 32.2. The quantitative estimate of drug-likeness (QED) is 0.688. The van der Waals surface area contributed by atoms with E-state index in [2.05, 4.69) is 4.74 Å². The molecule has 1 aliphatic rings. The number of fused-ring (bicyclic) bond motifs is 1. The van der Waals surface area contributed by atoms with Gasteiger partial charge in [0.1, 0.15) is 6.54 Å². The van der Waals surface area contributed by atoms with E-state index in [1.807, 2.05) is 0 Å². The number of benzene rings is 2. The SMILES string of the molecule is COC(=O)CN(c1ccc2c(c1)OCO2)S(=O)(=O)c1ccc(OC)c(F)c1. The van der Waals surface area contributed by atoms with Crippen LogP contribution in [0, 0.1) is 5.82 Å². The summed E-state index contributed by atoms with van der Waals surface area (Å²) in [5.41, 5.74) is 0.140. The second-order valence-corrected chi connectivity index (χ2v) is 7.28. The smallest absolute Gasteiger partial charge is 0.326 e. The summed E-state index contributed by atoms with van der Waals surface area (Å²) in [7, 11) is -1.88. The van der Waals surface area contributed by atoms with Gasteiger partial charge in [-0.2, -0.15) is 0 Å². The van der Waals surface area contributed by atoms with Crippen LogP contribution >= 0.6 is 0 Å². The molecule has 10 heteroatoms. The Balaban J connectivity index is 2.06. The molecule has 1 heterocycles. The summed E-state index contributed by atoms with van der Waals surface area (Å²) < 4.78 is 60.8. The van der Waals surface area contributed by atoms with Crippen LogP contribution in [0.25, 0.3) is 0 Å². The van der Waals surface area contributed by atoms with Crippen LogP contribution in [-0.4, -0.2) is 41.9 Å². The Bertz CT molecular complexity index is 977. The Labute approximate surface area is 155 Å². The molecule has 0 N–H and O–H groups in total. The largest absolute Gasteiger partial charge is 0.494 e. The second kappa shape index (κ2) is 7.31. The Morgan fingerprint density at radius 2 is 1.89 bits per heavy atom. The zero-order chi connectivity index (χ0) is 19.6. The number of sulfonamides is 1. The number of carbonyl (C=O) groups excluding carboxylic acids is 1. The molecule has 0 saturated heterocycles. The zero-order valence-electron chi connectivity index (χ0n) is 14.5. The highest BCUT2D eigenvalue weighted by Crippen LogP contribution is 2.37. The first kappa shape index (κ1) is 18.8. The number of anilines is 1. The molecule has 0 saturated carbocycles. The summed E-state index contributed by atoms with van der Waals surface area (Å²) in [6, 6.07) is 7.60. The molecule has 0 radical (unpaired) electrons. The topological polar surface area (TPSA) is 91.4 Å². The number of halogens is 1. The fourth-order valence-electron chi connectivity index (χ4n) is 2.47. The summed E-state index contributed by atoms with van der Waals surface area (Å²) >= 11 is 0. The molecule has 0 unspecified atom stereocenters. The van der Waals surface area contributed by atoms with Crippen molar-refractivity contribution in [1.29, 1.82) is 0 Å². The average Bonchev–Trinajstić information content (AvgIpc) is 3.13. The van der Waals surface area contributed by atoms with Crippen LogP contribution < -0.4 is 18.5 Å². The van der Waals surface area contributed by atoms with Crippen LogP contribution in [-0.2, 0) is 19.6 Å². The summed E-state index contributed by atoms with van der Waals surface area (Å²) in [5.74, 6) is -0.952. The molecule has 0 aliphatic carbocycles. The van der Waals surface area contributed by atoms with Crippen molar-refractivity contribution in [2.75, 3.05) is 31.9 Å². The van der Waals surface area contributed by atoms with Crippen LogP contribution in [0.3, 0.4) is 0 Å². The number of hydrogen-bond acceptors (Lipinski definition) is 7. The number of carbonyl (C=O) groups is 1. The van der Waals surface area contributed by atoms with E-state index < -0.39 is 28.4 Å². The van der Waals surface area contributed by atoms with Gasteiger partial charge in [-0.25, -0.2) is 12.8 Å². The lowest BCUT2D eigenvalue weighted by Crippen LogP contribution is -2.36. The van der Waals surface area contributed by atoms with Crippen molar-refractivity contribution in [3.05, 3.63) is 42.2 Å². The van der Waals surface area contributed by atoms with Crippen LogP contribution in [0.1, 0.15) is 0 Å². The minimum atomic E-state index is -4.28. The Morgan fingerprint density at radius 3 is 2.56 bits per heavy atom. The Morgan fingerprint density at radius 1 is 1.15 bits per heavy atom. The van der Waals surface area contributed by atoms with Crippen LogP contribution in [0.15, 0.2) is 41.3 Å². The highest BCUT2D eigenvalue weighted by Gasteiger charge is 2.30. The normalized spacial score (nSPS) is 12.6. The summed E-state index contributed by atoms with van der Waals surface area (Å²) in [4.78, 5) is 11.5. The van der Waals surface area contributed by atoms with E-state index in [1.165, 1.54) is 37.4 Å². The van der Waals surface area contributed by atoms with Crippen molar-refractivity contribution in [2.45, 2.75) is 4.90 Å². The standard InChI is InChI=1S/C17H16FNO7S/c1-23-14-6-4-12(8-13(14)18)27(21,22)19(9-17(20)24-2)11-3-5-15-16(7-11)26-10-25-15/h3-8H,9-10H2,1-2H3. The van der Waals surface area contributed by atoms with Gasteiger partial charge in [0.15, 0.2) is 23.1 Å². The molecule has 3 rings (SSSR count). The maximum Gasteiger partial charge on any atom is 0.326 e. The molecule has 8 nitrogen and oxygen atoms in total. The van der Waals surface area contributed by atoms with Crippen LogP contribution in [0.5, 0.6) is 17.2 Å². The number of hydrogen-bond donors (Lipinski definition) is 0. The number of ether oxygens (including phenoxy) is 4. The zero-order valence-corrected chi connectivity index (χ0v) is 15.3. The highest BCUT2D eigenvalue weighted by molar-refractivity contribution is 7.92. The fraction of sp³-hybridized carbons (Fsp3) is 0.235. The Kier molecular flexibility index (Phi) is 5.08. The van der Waals surface area contributed by atoms with Gasteiger partial charge in [0, 0.05) is 6.07 Å².